The first-order valence-electron chi connectivity index (χ1n) is 8.81. The van der Waals surface area contributed by atoms with Crippen molar-refractivity contribution in [1.82, 2.24) is 20.4 Å². The van der Waals surface area contributed by atoms with Gasteiger partial charge in [-0.1, -0.05) is 12.1 Å². The highest BCUT2D eigenvalue weighted by Crippen LogP contribution is 2.18. The Hall–Kier alpha value is -2.15. The molecule has 2 aliphatic heterocycles. The lowest BCUT2D eigenvalue weighted by molar-refractivity contribution is -0.122. The summed E-state index contributed by atoms with van der Waals surface area (Å²) in [6, 6.07) is 5.18. The minimum Gasteiger partial charge on any atom is -0.351 e. The van der Waals surface area contributed by atoms with Crippen molar-refractivity contribution in [3.63, 3.8) is 0 Å². The number of piperidine rings is 1. The van der Waals surface area contributed by atoms with Gasteiger partial charge in [-0.2, -0.15) is 0 Å². The van der Waals surface area contributed by atoms with Crippen LogP contribution in [0.3, 0.4) is 0 Å². The third kappa shape index (κ3) is 4.48. The topological polar surface area (TPSA) is 64.7 Å². The molecule has 3 rings (SSSR count). The molecule has 25 heavy (non-hydrogen) atoms. The van der Waals surface area contributed by atoms with E-state index < -0.39 is 0 Å². The molecular weight excluding hydrogens is 323 g/mol. The first kappa shape index (κ1) is 17.7. The van der Waals surface area contributed by atoms with Gasteiger partial charge in [-0.3, -0.25) is 9.69 Å². The number of carbonyl (C=O) groups is 2. The molecule has 2 heterocycles. The van der Waals surface area contributed by atoms with E-state index in [-0.39, 0.29) is 23.8 Å². The van der Waals surface area contributed by atoms with Crippen LogP contribution in [-0.2, 0) is 11.3 Å². The lowest BCUT2D eigenvalue weighted by atomic mass is 10.0. The van der Waals surface area contributed by atoms with Crippen molar-refractivity contribution in [1.29, 1.82) is 0 Å². The lowest BCUT2D eigenvalue weighted by Crippen LogP contribution is -2.48. The highest BCUT2D eigenvalue weighted by atomic mass is 19.1. The van der Waals surface area contributed by atoms with E-state index in [1.807, 2.05) is 4.90 Å². The summed E-state index contributed by atoms with van der Waals surface area (Å²) in [6.45, 7) is 5.62. The normalized spacial score (nSPS) is 19.1. The second-order valence-corrected chi connectivity index (χ2v) is 6.79. The van der Waals surface area contributed by atoms with Gasteiger partial charge in [0.05, 0.1) is 6.54 Å². The van der Waals surface area contributed by atoms with Gasteiger partial charge in [0.1, 0.15) is 5.82 Å². The molecule has 0 aromatic heterocycles. The Morgan fingerprint density at radius 2 is 2.08 bits per heavy atom. The highest BCUT2D eigenvalue weighted by Gasteiger charge is 2.30. The fourth-order valence-electron chi connectivity index (χ4n) is 3.50. The molecule has 6 nitrogen and oxygen atoms in total. The van der Waals surface area contributed by atoms with E-state index in [1.165, 1.54) is 6.07 Å². The van der Waals surface area contributed by atoms with Gasteiger partial charge < -0.3 is 15.5 Å². The van der Waals surface area contributed by atoms with E-state index in [0.717, 1.165) is 44.6 Å². The van der Waals surface area contributed by atoms with Crippen LogP contribution in [0.1, 0.15) is 24.0 Å². The zero-order valence-corrected chi connectivity index (χ0v) is 14.6. The van der Waals surface area contributed by atoms with E-state index in [4.69, 9.17) is 0 Å². The summed E-state index contributed by atoms with van der Waals surface area (Å²) in [5.74, 6) is -0.260. The fraction of sp³-hybridized carbons (Fsp3) is 0.556. The number of hydrogen-bond donors (Lipinski definition) is 2. The molecule has 0 unspecified atom stereocenters. The maximum absolute atomic E-state index is 13.3. The molecule has 0 bridgehead atoms. The van der Waals surface area contributed by atoms with Gasteiger partial charge in [-0.25, -0.2) is 9.18 Å². The second-order valence-electron chi connectivity index (χ2n) is 6.79. The van der Waals surface area contributed by atoms with Crippen molar-refractivity contribution in [2.75, 3.05) is 32.7 Å². The van der Waals surface area contributed by atoms with Gasteiger partial charge in [0.2, 0.25) is 5.91 Å². The van der Waals surface area contributed by atoms with Crippen LogP contribution in [0, 0.1) is 12.7 Å². The number of urea groups is 1. The maximum Gasteiger partial charge on any atom is 0.317 e. The molecule has 1 aromatic carbocycles. The Balaban J connectivity index is 1.40. The number of halogens is 1. The van der Waals surface area contributed by atoms with E-state index >= 15 is 0 Å². The van der Waals surface area contributed by atoms with Gasteiger partial charge >= 0.3 is 6.03 Å². The number of rotatable bonds is 5. The molecular formula is C18H25FN4O2. The van der Waals surface area contributed by atoms with E-state index in [9.17, 15) is 14.0 Å². The third-order valence-corrected chi connectivity index (χ3v) is 4.97. The average molecular weight is 348 g/mol. The molecule has 2 fully saturated rings. The average Bonchev–Trinajstić information content (AvgIpc) is 3.03. The zero-order chi connectivity index (χ0) is 17.8. The fourth-order valence-corrected chi connectivity index (χ4v) is 3.50. The molecule has 3 amide bonds. The lowest BCUT2D eigenvalue weighted by Gasteiger charge is -2.35. The summed E-state index contributed by atoms with van der Waals surface area (Å²) in [5.41, 5.74) is 1.48. The largest absolute Gasteiger partial charge is 0.351 e. The zero-order valence-electron chi connectivity index (χ0n) is 14.6. The van der Waals surface area contributed by atoms with Gasteiger partial charge in [-0.15, -0.1) is 0 Å². The van der Waals surface area contributed by atoms with Crippen molar-refractivity contribution < 1.29 is 14.0 Å². The summed E-state index contributed by atoms with van der Waals surface area (Å²) in [7, 11) is 0. The molecule has 0 spiro atoms. The smallest absolute Gasteiger partial charge is 0.317 e. The minimum absolute atomic E-state index is 0.0284. The van der Waals surface area contributed by atoms with Gasteiger partial charge in [0, 0.05) is 38.8 Å². The van der Waals surface area contributed by atoms with Crippen LogP contribution < -0.4 is 10.6 Å². The number of carbonyl (C=O) groups excluding carboxylic acids is 2. The minimum atomic E-state index is -0.232. The van der Waals surface area contributed by atoms with Crippen LogP contribution in [0.25, 0.3) is 0 Å². The van der Waals surface area contributed by atoms with E-state index in [1.54, 1.807) is 19.1 Å². The molecule has 2 N–H and O–H groups in total. The predicted octanol–water partition coefficient (Wildman–Crippen LogP) is 1.24. The molecule has 0 atom stereocenters. The molecule has 0 saturated carbocycles. The SMILES string of the molecule is Cc1cc(CNC(=O)CN2CCC(N3CCNC3=O)CC2)ccc1F. The number of likely N-dealkylation sites (tertiary alicyclic amines) is 1. The number of hydrogen-bond acceptors (Lipinski definition) is 3. The standard InChI is InChI=1S/C18H25FN4O2/c1-13-10-14(2-3-16(13)19)11-21-17(24)12-22-7-4-15(5-8-22)23-9-6-20-18(23)25/h2-3,10,15H,4-9,11-12H2,1H3,(H,20,25)(H,21,24). The summed E-state index contributed by atoms with van der Waals surface area (Å²) in [6.07, 6.45) is 1.80. The van der Waals surface area contributed by atoms with Crippen LogP contribution in [0.4, 0.5) is 9.18 Å². The van der Waals surface area contributed by atoms with E-state index in [2.05, 4.69) is 15.5 Å². The van der Waals surface area contributed by atoms with Crippen molar-refractivity contribution >= 4 is 11.9 Å². The van der Waals surface area contributed by atoms with Crippen molar-refractivity contribution in [3.05, 3.63) is 35.1 Å². The Morgan fingerprint density at radius 1 is 1.32 bits per heavy atom. The van der Waals surface area contributed by atoms with Crippen molar-refractivity contribution in [2.45, 2.75) is 32.4 Å². The molecule has 7 heteroatoms. The first-order valence-corrected chi connectivity index (χ1v) is 8.81. The Kier molecular flexibility index (Phi) is 5.53. The molecule has 2 saturated heterocycles. The Labute approximate surface area is 147 Å². The van der Waals surface area contributed by atoms with Crippen LogP contribution >= 0.6 is 0 Å². The predicted molar refractivity (Wildman–Crippen MR) is 92.6 cm³/mol. The monoisotopic (exact) mass is 348 g/mol. The van der Waals surface area contributed by atoms with Crippen molar-refractivity contribution in [2.24, 2.45) is 0 Å². The maximum atomic E-state index is 13.3. The molecule has 136 valence electrons. The van der Waals surface area contributed by atoms with Gasteiger partial charge in [0.15, 0.2) is 0 Å². The second kappa shape index (κ2) is 7.82. The Morgan fingerprint density at radius 3 is 2.72 bits per heavy atom. The third-order valence-electron chi connectivity index (χ3n) is 4.97. The highest BCUT2D eigenvalue weighted by molar-refractivity contribution is 5.78. The molecule has 0 aliphatic carbocycles. The molecule has 1 aromatic rings. The van der Waals surface area contributed by atoms with Crippen molar-refractivity contribution in [3.8, 4) is 0 Å². The summed E-state index contributed by atoms with van der Waals surface area (Å²) >= 11 is 0. The molecule has 0 radical (unpaired) electrons. The summed E-state index contributed by atoms with van der Waals surface area (Å²) in [4.78, 5) is 27.9. The van der Waals surface area contributed by atoms with Gasteiger partial charge in [-0.05, 0) is 37.0 Å². The first-order chi connectivity index (χ1) is 12.0. The summed E-state index contributed by atoms with van der Waals surface area (Å²) < 4.78 is 13.3. The number of amides is 3. The van der Waals surface area contributed by atoms with Gasteiger partial charge in [0.25, 0.3) is 0 Å². The summed E-state index contributed by atoms with van der Waals surface area (Å²) in [5, 5.41) is 5.72. The number of benzene rings is 1. The number of nitrogens with one attached hydrogen (secondary N) is 2. The van der Waals surface area contributed by atoms with Crippen LogP contribution in [0.15, 0.2) is 18.2 Å². The number of aryl methyl sites for hydroxylation is 1. The van der Waals surface area contributed by atoms with Crippen LogP contribution in [-0.4, -0.2) is 60.5 Å². The number of nitrogens with zero attached hydrogens (tertiary/aromatic N) is 2. The quantitative estimate of drug-likeness (QED) is 0.841. The Bertz CT molecular complexity index is 644. The van der Waals surface area contributed by atoms with E-state index in [0.29, 0.717) is 18.7 Å². The van der Waals surface area contributed by atoms with Crippen LogP contribution in [0.5, 0.6) is 0 Å². The molecule has 2 aliphatic rings. The van der Waals surface area contributed by atoms with Crippen LogP contribution in [0.2, 0.25) is 0 Å².